The van der Waals surface area contributed by atoms with E-state index >= 15 is 0 Å². The van der Waals surface area contributed by atoms with Gasteiger partial charge in [0.15, 0.2) is 5.65 Å². The lowest BCUT2D eigenvalue weighted by Gasteiger charge is -2.30. The summed E-state index contributed by atoms with van der Waals surface area (Å²) in [5.41, 5.74) is 1.81. The molecule has 3 aromatic heterocycles. The van der Waals surface area contributed by atoms with Gasteiger partial charge < -0.3 is 5.32 Å². The first-order chi connectivity index (χ1) is 11.7. The zero-order chi connectivity index (χ0) is 16.5. The van der Waals surface area contributed by atoms with Crippen LogP contribution < -0.4 is 10.9 Å². The van der Waals surface area contributed by atoms with E-state index in [1.165, 1.54) is 0 Å². The van der Waals surface area contributed by atoms with Crippen LogP contribution in [0.1, 0.15) is 37.4 Å². The number of nitrogens with zero attached hydrogens (tertiary/aromatic N) is 5. The number of nitrogens with one attached hydrogen (secondary N) is 1. The van der Waals surface area contributed by atoms with E-state index in [1.54, 1.807) is 29.2 Å². The molecule has 0 atom stereocenters. The highest BCUT2D eigenvalue weighted by Crippen LogP contribution is 2.28. The van der Waals surface area contributed by atoms with Crippen LogP contribution in [0.4, 0.5) is 5.82 Å². The molecule has 0 saturated heterocycles. The molecule has 7 heteroatoms. The van der Waals surface area contributed by atoms with Crippen molar-refractivity contribution in [1.29, 1.82) is 0 Å². The molecule has 24 heavy (non-hydrogen) atoms. The molecule has 124 valence electrons. The van der Waals surface area contributed by atoms with Crippen LogP contribution in [0.5, 0.6) is 0 Å². The molecule has 1 N–H and O–H groups in total. The summed E-state index contributed by atoms with van der Waals surface area (Å²) in [4.78, 5) is 16.4. The van der Waals surface area contributed by atoms with Crippen molar-refractivity contribution in [2.45, 2.75) is 44.7 Å². The van der Waals surface area contributed by atoms with Gasteiger partial charge in [0, 0.05) is 36.1 Å². The Morgan fingerprint density at radius 3 is 2.75 bits per heavy atom. The molecular formula is C17H20N6O. The Morgan fingerprint density at radius 1 is 1.12 bits per heavy atom. The van der Waals surface area contributed by atoms with Gasteiger partial charge in [-0.1, -0.05) is 0 Å². The van der Waals surface area contributed by atoms with Crippen molar-refractivity contribution >= 4 is 11.5 Å². The van der Waals surface area contributed by atoms with Gasteiger partial charge in [-0.15, -0.1) is 0 Å². The normalized spacial score (nSPS) is 21.0. The fourth-order valence-electron chi connectivity index (χ4n) is 3.46. The van der Waals surface area contributed by atoms with Gasteiger partial charge in [-0.3, -0.25) is 4.79 Å². The first-order valence-electron chi connectivity index (χ1n) is 8.32. The predicted molar refractivity (Wildman–Crippen MR) is 91.1 cm³/mol. The molecule has 0 radical (unpaired) electrons. The smallest absolute Gasteiger partial charge is 0.266 e. The molecule has 0 spiro atoms. The van der Waals surface area contributed by atoms with Gasteiger partial charge in [0.05, 0.1) is 12.2 Å². The summed E-state index contributed by atoms with van der Waals surface area (Å²) in [7, 11) is 0. The molecule has 0 aliphatic heterocycles. The summed E-state index contributed by atoms with van der Waals surface area (Å²) in [6.07, 6.45) is 7.33. The highest BCUT2D eigenvalue weighted by molar-refractivity contribution is 5.49. The Kier molecular flexibility index (Phi) is 3.76. The van der Waals surface area contributed by atoms with Crippen molar-refractivity contribution in [3.63, 3.8) is 0 Å². The highest BCUT2D eigenvalue weighted by atomic mass is 16.1. The fraction of sp³-hybridized carbons (Fsp3) is 0.412. The number of aryl methyl sites for hydroxylation is 1. The molecule has 4 rings (SSSR count). The maximum atomic E-state index is 11.9. The maximum absolute atomic E-state index is 11.9. The SMILES string of the molecule is Cc1cc(NC2CCC(n3ncccc3=O)CC2)n2nccc2n1. The zero-order valence-electron chi connectivity index (χ0n) is 13.6. The molecule has 1 fully saturated rings. The minimum absolute atomic E-state index is 0.0167. The van der Waals surface area contributed by atoms with Gasteiger partial charge >= 0.3 is 0 Å². The second-order valence-corrected chi connectivity index (χ2v) is 6.34. The van der Waals surface area contributed by atoms with E-state index in [9.17, 15) is 4.79 Å². The van der Waals surface area contributed by atoms with E-state index in [2.05, 4.69) is 20.5 Å². The van der Waals surface area contributed by atoms with Crippen LogP contribution in [0.15, 0.2) is 41.5 Å². The van der Waals surface area contributed by atoms with Crippen molar-refractivity contribution in [2.75, 3.05) is 5.32 Å². The van der Waals surface area contributed by atoms with Gasteiger partial charge in [-0.05, 0) is 38.7 Å². The number of fused-ring (bicyclic) bond motifs is 1. The van der Waals surface area contributed by atoms with E-state index in [4.69, 9.17) is 0 Å². The lowest BCUT2D eigenvalue weighted by atomic mass is 9.91. The number of rotatable bonds is 3. The Morgan fingerprint density at radius 2 is 1.96 bits per heavy atom. The van der Waals surface area contributed by atoms with Crippen molar-refractivity contribution in [1.82, 2.24) is 24.4 Å². The number of aromatic nitrogens is 5. The summed E-state index contributed by atoms with van der Waals surface area (Å²) >= 11 is 0. The average Bonchev–Trinajstić information content (AvgIpc) is 3.05. The summed E-state index contributed by atoms with van der Waals surface area (Å²) in [6, 6.07) is 7.76. The second kappa shape index (κ2) is 6.07. The van der Waals surface area contributed by atoms with E-state index in [-0.39, 0.29) is 11.6 Å². The Hall–Kier alpha value is -2.70. The summed E-state index contributed by atoms with van der Waals surface area (Å²) in [6.45, 7) is 1.99. The van der Waals surface area contributed by atoms with Crippen molar-refractivity contribution in [3.05, 3.63) is 52.7 Å². The standard InChI is InChI=1S/C17H20N6O/c1-12-11-16(23-15(20-12)8-10-19-23)21-13-4-6-14(7-5-13)22-17(24)3-2-9-18-22/h2-3,8-11,13-14,21H,4-7H2,1H3. The molecule has 0 aromatic carbocycles. The van der Waals surface area contributed by atoms with Gasteiger partial charge in [-0.25, -0.2) is 9.67 Å². The summed E-state index contributed by atoms with van der Waals surface area (Å²) < 4.78 is 3.46. The van der Waals surface area contributed by atoms with Gasteiger partial charge in [0.25, 0.3) is 5.56 Å². The molecule has 3 aromatic rings. The average molecular weight is 324 g/mol. The monoisotopic (exact) mass is 324 g/mol. The number of anilines is 1. The Bertz CT molecular complexity index is 907. The van der Waals surface area contributed by atoms with Crippen molar-refractivity contribution in [3.8, 4) is 0 Å². The third kappa shape index (κ3) is 2.77. The van der Waals surface area contributed by atoms with Crippen LogP contribution in [0, 0.1) is 6.92 Å². The van der Waals surface area contributed by atoms with Crippen LogP contribution in [0.3, 0.4) is 0 Å². The van der Waals surface area contributed by atoms with Crippen LogP contribution in [0.25, 0.3) is 5.65 Å². The van der Waals surface area contributed by atoms with Crippen molar-refractivity contribution < 1.29 is 0 Å². The first-order valence-corrected chi connectivity index (χ1v) is 8.32. The minimum Gasteiger partial charge on any atom is -0.367 e. The van der Waals surface area contributed by atoms with Gasteiger partial charge in [-0.2, -0.15) is 14.7 Å². The minimum atomic E-state index is -0.0167. The lowest BCUT2D eigenvalue weighted by molar-refractivity contribution is 0.303. The number of hydrogen-bond donors (Lipinski definition) is 1. The van der Waals surface area contributed by atoms with Crippen LogP contribution >= 0.6 is 0 Å². The molecule has 7 nitrogen and oxygen atoms in total. The Balaban J connectivity index is 1.47. The summed E-state index contributed by atoms with van der Waals surface area (Å²) in [5, 5.41) is 12.1. The van der Waals surface area contributed by atoms with E-state index in [1.807, 2.05) is 23.6 Å². The van der Waals surface area contributed by atoms with E-state index in [0.29, 0.717) is 6.04 Å². The van der Waals surface area contributed by atoms with Crippen LogP contribution in [0.2, 0.25) is 0 Å². The lowest BCUT2D eigenvalue weighted by Crippen LogP contribution is -2.33. The number of hydrogen-bond acceptors (Lipinski definition) is 5. The molecule has 1 aliphatic carbocycles. The Labute approximate surface area is 139 Å². The van der Waals surface area contributed by atoms with Gasteiger partial charge in [0.2, 0.25) is 0 Å². The van der Waals surface area contributed by atoms with E-state index < -0.39 is 0 Å². The fourth-order valence-corrected chi connectivity index (χ4v) is 3.46. The second-order valence-electron chi connectivity index (χ2n) is 6.34. The van der Waals surface area contributed by atoms with Crippen LogP contribution in [-0.2, 0) is 0 Å². The quantitative estimate of drug-likeness (QED) is 0.799. The maximum Gasteiger partial charge on any atom is 0.266 e. The predicted octanol–water partition coefficient (Wildman–Crippen LogP) is 2.19. The molecule has 1 saturated carbocycles. The first kappa shape index (κ1) is 14.9. The van der Waals surface area contributed by atoms with Crippen molar-refractivity contribution in [2.24, 2.45) is 0 Å². The summed E-state index contributed by atoms with van der Waals surface area (Å²) in [5.74, 6) is 0.973. The third-order valence-electron chi connectivity index (χ3n) is 4.62. The molecule has 0 unspecified atom stereocenters. The molecular weight excluding hydrogens is 304 g/mol. The molecule has 1 aliphatic rings. The topological polar surface area (TPSA) is 77.1 Å². The zero-order valence-corrected chi connectivity index (χ0v) is 13.6. The molecule has 3 heterocycles. The largest absolute Gasteiger partial charge is 0.367 e. The highest BCUT2D eigenvalue weighted by Gasteiger charge is 2.24. The van der Waals surface area contributed by atoms with Gasteiger partial charge in [0.1, 0.15) is 5.82 Å². The van der Waals surface area contributed by atoms with Crippen LogP contribution in [-0.4, -0.2) is 30.4 Å². The molecule has 0 amide bonds. The molecule has 0 bridgehead atoms. The third-order valence-corrected chi connectivity index (χ3v) is 4.62. The van der Waals surface area contributed by atoms with E-state index in [0.717, 1.165) is 42.8 Å².